The van der Waals surface area contributed by atoms with Crippen LogP contribution in [0.2, 0.25) is 0 Å². The molecule has 0 saturated heterocycles. The molecule has 0 aliphatic heterocycles. The Hall–Kier alpha value is -1.83. The number of hydrogen-bond acceptors (Lipinski definition) is 2. The minimum atomic E-state index is 0.716. The van der Waals surface area contributed by atoms with E-state index in [9.17, 15) is 4.79 Å². The molecule has 1 aromatic rings. The fourth-order valence-corrected chi connectivity index (χ4v) is 1.23. The van der Waals surface area contributed by atoms with Crippen molar-refractivity contribution in [1.29, 1.82) is 0 Å². The minimum absolute atomic E-state index is 0.716. The van der Waals surface area contributed by atoms with E-state index in [1.165, 1.54) is 5.56 Å². The second kappa shape index (κ2) is 5.91. The molecule has 0 aromatic heterocycles. The van der Waals surface area contributed by atoms with Crippen molar-refractivity contribution in [2.45, 2.75) is 13.8 Å². The maximum Gasteiger partial charge on any atom is 0.145 e. The van der Waals surface area contributed by atoms with E-state index in [2.05, 4.69) is 31.2 Å². The van der Waals surface area contributed by atoms with Crippen LogP contribution in [-0.4, -0.2) is 13.3 Å². The third-order valence-electron chi connectivity index (χ3n) is 2.30. The van der Waals surface area contributed by atoms with Gasteiger partial charge in [-0.3, -0.25) is 4.79 Å². The van der Waals surface area contributed by atoms with Crippen LogP contribution < -0.4 is 4.90 Å². The van der Waals surface area contributed by atoms with Crippen LogP contribution >= 0.6 is 0 Å². The lowest BCUT2D eigenvalue weighted by molar-refractivity contribution is -0.104. The van der Waals surface area contributed by atoms with E-state index in [-0.39, 0.29) is 0 Å². The molecule has 0 radical (unpaired) electrons. The third kappa shape index (κ3) is 3.73. The number of aryl methyl sites for hydroxylation is 1. The average Bonchev–Trinajstić information content (AvgIpc) is 2.29. The lowest BCUT2D eigenvalue weighted by Gasteiger charge is -2.13. The Morgan fingerprint density at radius 1 is 1.25 bits per heavy atom. The van der Waals surface area contributed by atoms with Crippen molar-refractivity contribution >= 4 is 12.0 Å². The molecule has 0 N–H and O–H groups in total. The Morgan fingerprint density at radius 2 is 1.88 bits per heavy atom. The molecule has 0 atom stereocenters. The van der Waals surface area contributed by atoms with Crippen molar-refractivity contribution in [2.75, 3.05) is 11.9 Å². The molecule has 0 unspecified atom stereocenters. The van der Waals surface area contributed by atoms with Gasteiger partial charge in [0.2, 0.25) is 0 Å². The molecule has 1 aromatic carbocycles. The second-order valence-electron chi connectivity index (χ2n) is 3.82. The number of allylic oxidation sites excluding steroid dienone is 3. The predicted octanol–water partition coefficient (Wildman–Crippen LogP) is 3.09. The highest BCUT2D eigenvalue weighted by molar-refractivity contribution is 5.72. The van der Waals surface area contributed by atoms with Gasteiger partial charge in [-0.2, -0.15) is 0 Å². The summed E-state index contributed by atoms with van der Waals surface area (Å²) in [5.74, 6) is 0. The van der Waals surface area contributed by atoms with Crippen molar-refractivity contribution < 1.29 is 4.79 Å². The summed E-state index contributed by atoms with van der Waals surface area (Å²) < 4.78 is 0. The molecule has 2 heteroatoms. The van der Waals surface area contributed by atoms with Crippen molar-refractivity contribution in [2.24, 2.45) is 0 Å². The zero-order valence-corrected chi connectivity index (χ0v) is 9.97. The molecule has 0 bridgehead atoms. The number of anilines is 1. The number of carbonyl (C=O) groups excluding carboxylic acids is 1. The maximum absolute atomic E-state index is 10.4. The Morgan fingerprint density at radius 3 is 2.44 bits per heavy atom. The van der Waals surface area contributed by atoms with Crippen LogP contribution in [-0.2, 0) is 4.79 Å². The van der Waals surface area contributed by atoms with Gasteiger partial charge in [0.1, 0.15) is 6.29 Å². The van der Waals surface area contributed by atoms with Crippen molar-refractivity contribution in [3.8, 4) is 0 Å². The van der Waals surface area contributed by atoms with Gasteiger partial charge >= 0.3 is 0 Å². The summed E-state index contributed by atoms with van der Waals surface area (Å²) in [6, 6.07) is 8.28. The van der Waals surface area contributed by atoms with Crippen molar-refractivity contribution in [1.82, 2.24) is 0 Å². The molecule has 0 fully saturated rings. The molecule has 0 aliphatic rings. The second-order valence-corrected chi connectivity index (χ2v) is 3.82. The first-order chi connectivity index (χ1) is 7.63. The highest BCUT2D eigenvalue weighted by Gasteiger charge is 1.94. The van der Waals surface area contributed by atoms with Crippen LogP contribution in [0.4, 0.5) is 5.69 Å². The summed E-state index contributed by atoms with van der Waals surface area (Å²) in [4.78, 5) is 12.4. The smallest absolute Gasteiger partial charge is 0.145 e. The summed E-state index contributed by atoms with van der Waals surface area (Å²) in [5, 5.41) is 0. The highest BCUT2D eigenvalue weighted by Crippen LogP contribution is 2.13. The van der Waals surface area contributed by atoms with E-state index in [0.29, 0.717) is 5.57 Å². The molecule has 84 valence electrons. The van der Waals surface area contributed by atoms with Gasteiger partial charge in [0.15, 0.2) is 0 Å². The number of nitrogens with zero attached hydrogens (tertiary/aromatic N) is 1. The number of aldehydes is 1. The zero-order chi connectivity index (χ0) is 12.0. The van der Waals surface area contributed by atoms with Gasteiger partial charge < -0.3 is 4.90 Å². The topological polar surface area (TPSA) is 20.3 Å². The Balaban J connectivity index is 2.68. The average molecular weight is 215 g/mol. The van der Waals surface area contributed by atoms with E-state index >= 15 is 0 Å². The summed E-state index contributed by atoms with van der Waals surface area (Å²) in [6.45, 7) is 3.85. The quantitative estimate of drug-likeness (QED) is 0.437. The molecular formula is C14H17NO. The van der Waals surface area contributed by atoms with Gasteiger partial charge in [-0.25, -0.2) is 0 Å². The Bertz CT molecular complexity index is 401. The Labute approximate surface area is 96.9 Å². The lowest BCUT2D eigenvalue weighted by Crippen LogP contribution is -2.07. The van der Waals surface area contributed by atoms with Crippen LogP contribution in [0.1, 0.15) is 12.5 Å². The van der Waals surface area contributed by atoms with E-state index in [4.69, 9.17) is 0 Å². The lowest BCUT2D eigenvalue weighted by atomic mass is 10.2. The fraction of sp³-hybridized carbons (Fsp3) is 0.214. The van der Waals surface area contributed by atoms with E-state index in [1.807, 2.05) is 24.2 Å². The predicted molar refractivity (Wildman–Crippen MR) is 68.5 cm³/mol. The first kappa shape index (κ1) is 12.2. The van der Waals surface area contributed by atoms with E-state index < -0.39 is 0 Å². The standard InChI is InChI=1S/C14H17NO/c1-12-6-8-14(9-7-12)15(3)10-4-5-13(2)11-16/h4-11H,1-3H3/b10-4-,13-5-. The summed E-state index contributed by atoms with van der Waals surface area (Å²) in [5.41, 5.74) is 3.09. The maximum atomic E-state index is 10.4. The highest BCUT2D eigenvalue weighted by atomic mass is 16.1. The molecule has 1 rings (SSSR count). The molecule has 2 nitrogen and oxygen atoms in total. The molecule has 0 spiro atoms. The first-order valence-corrected chi connectivity index (χ1v) is 5.23. The van der Waals surface area contributed by atoms with Gasteiger partial charge in [0.25, 0.3) is 0 Å². The number of hydrogen-bond donors (Lipinski definition) is 0. The van der Waals surface area contributed by atoms with Gasteiger partial charge in [0.05, 0.1) is 0 Å². The molecule has 0 amide bonds. The third-order valence-corrected chi connectivity index (χ3v) is 2.30. The van der Waals surface area contributed by atoms with E-state index in [0.717, 1.165) is 12.0 Å². The van der Waals surface area contributed by atoms with Gasteiger partial charge in [-0.05, 0) is 37.6 Å². The van der Waals surface area contributed by atoms with Crippen LogP contribution in [0.5, 0.6) is 0 Å². The minimum Gasteiger partial charge on any atom is -0.351 e. The summed E-state index contributed by atoms with van der Waals surface area (Å²) >= 11 is 0. The zero-order valence-electron chi connectivity index (χ0n) is 9.97. The number of benzene rings is 1. The molecular weight excluding hydrogens is 198 g/mol. The van der Waals surface area contributed by atoms with Crippen molar-refractivity contribution in [3.05, 3.63) is 53.8 Å². The first-order valence-electron chi connectivity index (χ1n) is 5.23. The van der Waals surface area contributed by atoms with Gasteiger partial charge in [-0.1, -0.05) is 23.8 Å². The summed E-state index contributed by atoms with van der Waals surface area (Å²) in [7, 11) is 1.98. The van der Waals surface area contributed by atoms with Crippen LogP contribution in [0.25, 0.3) is 0 Å². The van der Waals surface area contributed by atoms with Crippen LogP contribution in [0, 0.1) is 6.92 Å². The molecule has 0 heterocycles. The monoisotopic (exact) mass is 215 g/mol. The fourth-order valence-electron chi connectivity index (χ4n) is 1.23. The normalized spacial score (nSPS) is 11.8. The largest absolute Gasteiger partial charge is 0.351 e. The van der Waals surface area contributed by atoms with Crippen LogP contribution in [0.15, 0.2) is 48.2 Å². The SMILES string of the molecule is C/C(C=O)=C/C=C\N(C)c1ccc(C)cc1. The molecule has 0 aliphatic carbocycles. The van der Waals surface area contributed by atoms with Gasteiger partial charge in [-0.15, -0.1) is 0 Å². The number of rotatable bonds is 4. The van der Waals surface area contributed by atoms with Crippen molar-refractivity contribution in [3.63, 3.8) is 0 Å². The molecule has 0 saturated carbocycles. The van der Waals surface area contributed by atoms with Crippen LogP contribution in [0.3, 0.4) is 0 Å². The molecule has 16 heavy (non-hydrogen) atoms. The Kier molecular flexibility index (Phi) is 4.52. The van der Waals surface area contributed by atoms with E-state index in [1.54, 1.807) is 13.0 Å². The number of carbonyl (C=O) groups is 1. The van der Waals surface area contributed by atoms with Gasteiger partial charge in [0, 0.05) is 18.9 Å². The summed E-state index contributed by atoms with van der Waals surface area (Å²) in [6.07, 6.45) is 6.43.